The quantitative estimate of drug-likeness (QED) is 0.236. The first kappa shape index (κ1) is 29.5. The molecule has 12 heteroatoms. The number of carbonyl (C=O) groups is 2. The Kier molecular flexibility index (Phi) is 8.70. The van der Waals surface area contributed by atoms with E-state index in [0.717, 1.165) is 36.3 Å². The van der Waals surface area contributed by atoms with Crippen molar-refractivity contribution in [2.24, 2.45) is 0 Å². The summed E-state index contributed by atoms with van der Waals surface area (Å²) in [5.41, 5.74) is 2.22. The molecule has 0 spiro atoms. The van der Waals surface area contributed by atoms with Crippen LogP contribution in [0.4, 0.5) is 0 Å². The third-order valence-corrected chi connectivity index (χ3v) is 9.77. The number of piperidine rings is 1. The van der Waals surface area contributed by atoms with Crippen molar-refractivity contribution in [2.45, 2.75) is 65.0 Å². The summed E-state index contributed by atoms with van der Waals surface area (Å²) >= 11 is 7.50. The topological polar surface area (TPSA) is 105 Å². The summed E-state index contributed by atoms with van der Waals surface area (Å²) < 4.78 is 7.98. The van der Waals surface area contributed by atoms with Crippen molar-refractivity contribution in [3.63, 3.8) is 0 Å². The van der Waals surface area contributed by atoms with E-state index in [-0.39, 0.29) is 17.9 Å². The van der Waals surface area contributed by atoms with Crippen molar-refractivity contribution >= 4 is 53.7 Å². The van der Waals surface area contributed by atoms with Crippen LogP contribution < -0.4 is 10.6 Å². The minimum absolute atomic E-state index is 0.0802. The number of nitrogens with one attached hydrogen (secondary N) is 2. The summed E-state index contributed by atoms with van der Waals surface area (Å²) in [5.74, 6) is 0.246. The van der Waals surface area contributed by atoms with Crippen molar-refractivity contribution < 1.29 is 14.1 Å². The average Bonchev–Trinajstić information content (AvgIpc) is 3.66. The Bertz CT molecular complexity index is 1550. The van der Waals surface area contributed by atoms with Crippen molar-refractivity contribution in [3.05, 3.63) is 57.7 Å². The monoisotopic (exact) mass is 612 g/mol. The number of fused-ring (bicyclic) bond motifs is 1. The van der Waals surface area contributed by atoms with Gasteiger partial charge in [0.05, 0.1) is 29.3 Å². The van der Waals surface area contributed by atoms with Gasteiger partial charge < -0.3 is 20.1 Å². The Morgan fingerprint density at radius 3 is 2.54 bits per heavy atom. The summed E-state index contributed by atoms with van der Waals surface area (Å²) in [4.78, 5) is 29.9. The SMILES string of the molecule is CC(C)N1CCC(NC(=O)c2nn(Cc3cc(-c4ccc(Cl)s4)on3)c3ccc(C(=O)NC[Si](C)(C)C)cc23)CC1. The van der Waals surface area contributed by atoms with E-state index in [2.05, 4.69) is 54.2 Å². The van der Waals surface area contributed by atoms with Crippen LogP contribution in [0.25, 0.3) is 21.5 Å². The predicted molar refractivity (Wildman–Crippen MR) is 167 cm³/mol. The zero-order chi connectivity index (χ0) is 29.3. The van der Waals surface area contributed by atoms with Crippen LogP contribution in [0, 0.1) is 0 Å². The maximum atomic E-state index is 13.6. The van der Waals surface area contributed by atoms with Gasteiger partial charge in [-0.3, -0.25) is 14.3 Å². The minimum Gasteiger partial charge on any atom is -0.355 e. The molecule has 1 fully saturated rings. The number of thiophene rings is 1. The number of aromatic nitrogens is 3. The smallest absolute Gasteiger partial charge is 0.272 e. The van der Waals surface area contributed by atoms with Gasteiger partial charge in [0.15, 0.2) is 11.5 Å². The number of benzene rings is 1. The maximum Gasteiger partial charge on any atom is 0.272 e. The van der Waals surface area contributed by atoms with Gasteiger partial charge in [-0.25, -0.2) is 0 Å². The molecule has 2 N–H and O–H groups in total. The molecule has 0 radical (unpaired) electrons. The number of halogens is 1. The molecule has 4 aromatic rings. The molecule has 4 heterocycles. The highest BCUT2D eigenvalue weighted by molar-refractivity contribution is 7.19. The number of nitrogens with zero attached hydrogens (tertiary/aromatic N) is 4. The van der Waals surface area contributed by atoms with Gasteiger partial charge >= 0.3 is 0 Å². The van der Waals surface area contributed by atoms with Crippen LogP contribution in [-0.2, 0) is 6.54 Å². The zero-order valence-corrected chi connectivity index (χ0v) is 26.7. The second kappa shape index (κ2) is 12.1. The maximum absolute atomic E-state index is 13.6. The zero-order valence-electron chi connectivity index (χ0n) is 24.2. The first-order chi connectivity index (χ1) is 19.5. The van der Waals surface area contributed by atoms with E-state index >= 15 is 0 Å². The molecule has 5 rings (SSSR count). The molecule has 41 heavy (non-hydrogen) atoms. The summed E-state index contributed by atoms with van der Waals surface area (Å²) in [6, 6.07) is 11.5. The molecule has 9 nitrogen and oxygen atoms in total. The van der Waals surface area contributed by atoms with Crippen LogP contribution in [0.5, 0.6) is 0 Å². The van der Waals surface area contributed by atoms with E-state index in [1.807, 2.05) is 24.3 Å². The average molecular weight is 613 g/mol. The lowest BCUT2D eigenvalue weighted by Gasteiger charge is -2.34. The predicted octanol–water partition coefficient (Wildman–Crippen LogP) is 5.66. The highest BCUT2D eigenvalue weighted by Gasteiger charge is 2.26. The first-order valence-corrected chi connectivity index (χ1v) is 18.9. The van der Waals surface area contributed by atoms with Crippen LogP contribution in [0.1, 0.15) is 53.2 Å². The van der Waals surface area contributed by atoms with Crippen molar-refractivity contribution in [1.29, 1.82) is 0 Å². The van der Waals surface area contributed by atoms with Gasteiger partial charge in [-0.1, -0.05) is 36.4 Å². The lowest BCUT2D eigenvalue weighted by molar-refractivity contribution is 0.0895. The molecule has 1 aliphatic rings. The minimum atomic E-state index is -1.47. The van der Waals surface area contributed by atoms with Crippen LogP contribution in [0.3, 0.4) is 0 Å². The van der Waals surface area contributed by atoms with Gasteiger partial charge in [0.25, 0.3) is 11.8 Å². The molecule has 0 aliphatic carbocycles. The van der Waals surface area contributed by atoms with Crippen LogP contribution in [-0.4, -0.2) is 71.1 Å². The molecule has 0 bridgehead atoms. The molecule has 1 aliphatic heterocycles. The van der Waals surface area contributed by atoms with Gasteiger partial charge in [-0.2, -0.15) is 5.10 Å². The van der Waals surface area contributed by atoms with Gasteiger partial charge in [-0.15, -0.1) is 11.3 Å². The number of carbonyl (C=O) groups excluding carboxylic acids is 2. The van der Waals surface area contributed by atoms with E-state index in [4.69, 9.17) is 21.2 Å². The van der Waals surface area contributed by atoms with Crippen LogP contribution in [0.2, 0.25) is 24.0 Å². The standard InChI is InChI=1S/C29H37ClN6O3SSi/c1-18(2)35-12-10-20(11-13-35)32-29(38)27-22-14-19(28(37)31-17-41(3,4)5)6-7-23(22)36(33-27)16-21-15-24(39-34-21)25-8-9-26(30)40-25/h6-9,14-15,18,20H,10-13,16-17H2,1-5H3,(H,31,37)(H,32,38). The fourth-order valence-corrected chi connectivity index (χ4v) is 6.66. The van der Waals surface area contributed by atoms with Gasteiger partial charge in [0.1, 0.15) is 5.69 Å². The second-order valence-corrected chi connectivity index (χ2v) is 19.3. The van der Waals surface area contributed by atoms with Gasteiger partial charge in [0.2, 0.25) is 0 Å². The number of amides is 2. The molecule has 218 valence electrons. The largest absolute Gasteiger partial charge is 0.355 e. The summed E-state index contributed by atoms with van der Waals surface area (Å²) in [7, 11) is -1.47. The first-order valence-electron chi connectivity index (χ1n) is 14.0. The van der Waals surface area contributed by atoms with E-state index in [1.54, 1.807) is 16.8 Å². The third-order valence-electron chi connectivity index (χ3n) is 7.29. The summed E-state index contributed by atoms with van der Waals surface area (Å²) in [6.07, 6.45) is 2.46. The molecular formula is C29H37ClN6O3SSi. The fraction of sp³-hybridized carbons (Fsp3) is 0.448. The highest BCUT2D eigenvalue weighted by atomic mass is 35.5. The van der Waals surface area contributed by atoms with Gasteiger partial charge in [-0.05, 0) is 57.0 Å². The Morgan fingerprint density at radius 1 is 1.12 bits per heavy atom. The normalized spacial score (nSPS) is 15.1. The molecule has 0 saturated carbocycles. The highest BCUT2D eigenvalue weighted by Crippen LogP contribution is 2.32. The van der Waals surface area contributed by atoms with Crippen molar-refractivity contribution in [1.82, 2.24) is 30.5 Å². The van der Waals surface area contributed by atoms with E-state index in [1.165, 1.54) is 11.3 Å². The van der Waals surface area contributed by atoms with Crippen LogP contribution in [0.15, 0.2) is 40.9 Å². The van der Waals surface area contributed by atoms with Crippen molar-refractivity contribution in [3.8, 4) is 10.6 Å². The molecular weight excluding hydrogens is 576 g/mol. The third kappa shape index (κ3) is 7.08. The fourth-order valence-electron chi connectivity index (χ4n) is 4.97. The van der Waals surface area contributed by atoms with E-state index < -0.39 is 8.07 Å². The summed E-state index contributed by atoms with van der Waals surface area (Å²) in [6.45, 7) is 13.2. The molecule has 1 aromatic carbocycles. The van der Waals surface area contributed by atoms with Crippen molar-refractivity contribution in [2.75, 3.05) is 19.3 Å². The molecule has 2 amide bonds. The number of rotatable bonds is 9. The second-order valence-electron chi connectivity index (χ2n) is 12.1. The van der Waals surface area contributed by atoms with E-state index in [0.29, 0.717) is 51.2 Å². The van der Waals surface area contributed by atoms with E-state index in [9.17, 15) is 9.59 Å². The number of hydrogen-bond acceptors (Lipinski definition) is 7. The summed E-state index contributed by atoms with van der Waals surface area (Å²) in [5, 5.41) is 15.9. The molecule has 0 unspecified atom stereocenters. The lowest BCUT2D eigenvalue weighted by Crippen LogP contribution is -2.46. The van der Waals surface area contributed by atoms with Gasteiger partial charge in [0, 0.05) is 48.4 Å². The Hall–Kier alpha value is -2.99. The molecule has 1 saturated heterocycles. The lowest BCUT2D eigenvalue weighted by atomic mass is 10.0. The molecule has 3 aromatic heterocycles. The Morgan fingerprint density at radius 2 is 1.88 bits per heavy atom. The number of hydrogen-bond donors (Lipinski definition) is 2. The van der Waals surface area contributed by atoms with Crippen LogP contribution >= 0.6 is 22.9 Å². The number of likely N-dealkylation sites (tertiary alicyclic amines) is 1. The molecule has 0 atom stereocenters. The Labute approximate surface area is 250 Å². The Balaban J connectivity index is 1.42.